The van der Waals surface area contributed by atoms with E-state index in [4.69, 9.17) is 5.73 Å². The molecule has 96 valence electrons. The summed E-state index contributed by atoms with van der Waals surface area (Å²) in [6.45, 7) is 3.60. The fraction of sp³-hybridized carbons (Fsp3) is 0.286. The molecule has 0 atom stereocenters. The first kappa shape index (κ1) is 13.6. The Morgan fingerprint density at radius 3 is 2.72 bits per heavy atom. The van der Waals surface area contributed by atoms with E-state index in [0.29, 0.717) is 6.54 Å². The van der Waals surface area contributed by atoms with Gasteiger partial charge in [-0.3, -0.25) is 0 Å². The molecule has 0 saturated heterocycles. The van der Waals surface area contributed by atoms with Crippen molar-refractivity contribution in [2.45, 2.75) is 20.0 Å². The Morgan fingerprint density at radius 1 is 1.33 bits per heavy atom. The average molecular weight is 325 g/mol. The second kappa shape index (κ2) is 5.87. The molecule has 0 amide bonds. The number of thiophene rings is 1. The van der Waals surface area contributed by atoms with Crippen molar-refractivity contribution in [1.29, 1.82) is 0 Å². The molecule has 4 heteroatoms. The molecule has 0 unspecified atom stereocenters. The van der Waals surface area contributed by atoms with Crippen LogP contribution in [0.25, 0.3) is 0 Å². The highest BCUT2D eigenvalue weighted by atomic mass is 79.9. The van der Waals surface area contributed by atoms with Gasteiger partial charge in [0.25, 0.3) is 0 Å². The van der Waals surface area contributed by atoms with Crippen LogP contribution in [0.2, 0.25) is 0 Å². The lowest BCUT2D eigenvalue weighted by molar-refractivity contribution is 0.916. The number of hydrogen-bond donors (Lipinski definition) is 1. The number of rotatable bonds is 4. The lowest BCUT2D eigenvalue weighted by Crippen LogP contribution is -2.18. The van der Waals surface area contributed by atoms with Crippen LogP contribution < -0.4 is 10.6 Å². The van der Waals surface area contributed by atoms with Gasteiger partial charge in [0.15, 0.2) is 0 Å². The molecular formula is C14H17BrN2S. The van der Waals surface area contributed by atoms with Gasteiger partial charge in [-0.05, 0) is 46.1 Å². The van der Waals surface area contributed by atoms with Crippen LogP contribution >= 0.6 is 27.3 Å². The molecule has 1 heterocycles. The molecule has 2 aromatic rings. The molecule has 1 aromatic carbocycles. The summed E-state index contributed by atoms with van der Waals surface area (Å²) in [6.07, 6.45) is 0. The first-order chi connectivity index (χ1) is 8.60. The van der Waals surface area contributed by atoms with Crippen LogP contribution in [-0.2, 0) is 13.1 Å². The maximum absolute atomic E-state index is 5.80. The Kier molecular flexibility index (Phi) is 4.43. The van der Waals surface area contributed by atoms with Gasteiger partial charge >= 0.3 is 0 Å². The number of nitrogens with two attached hydrogens (primary N) is 1. The molecule has 2 N–H and O–H groups in total. The van der Waals surface area contributed by atoms with Crippen molar-refractivity contribution in [3.8, 4) is 0 Å². The second-order valence-corrected chi connectivity index (χ2v) is 6.34. The van der Waals surface area contributed by atoms with Crippen molar-refractivity contribution in [3.05, 3.63) is 50.1 Å². The number of aryl methyl sites for hydroxylation is 1. The molecular weight excluding hydrogens is 308 g/mol. The summed E-state index contributed by atoms with van der Waals surface area (Å²) in [7, 11) is 2.11. The quantitative estimate of drug-likeness (QED) is 0.923. The average Bonchev–Trinajstić information content (AvgIpc) is 2.74. The molecule has 0 fully saturated rings. The third kappa shape index (κ3) is 3.13. The Bertz CT molecular complexity index is 536. The summed E-state index contributed by atoms with van der Waals surface area (Å²) in [6, 6.07) is 8.59. The molecule has 2 rings (SSSR count). The van der Waals surface area contributed by atoms with Crippen molar-refractivity contribution >= 4 is 33.0 Å². The van der Waals surface area contributed by atoms with Gasteiger partial charge in [0.2, 0.25) is 0 Å². The molecule has 2 nitrogen and oxygen atoms in total. The molecule has 1 aromatic heterocycles. The number of halogens is 1. The van der Waals surface area contributed by atoms with E-state index in [2.05, 4.69) is 64.4 Å². The van der Waals surface area contributed by atoms with E-state index in [1.54, 1.807) is 11.3 Å². The van der Waals surface area contributed by atoms with Crippen molar-refractivity contribution in [2.24, 2.45) is 5.73 Å². The molecule has 18 heavy (non-hydrogen) atoms. The highest BCUT2D eigenvalue weighted by molar-refractivity contribution is 9.10. The minimum absolute atomic E-state index is 0.577. The molecule has 0 bridgehead atoms. The maximum atomic E-state index is 5.80. The highest BCUT2D eigenvalue weighted by Gasteiger charge is 2.08. The number of nitrogens with zero attached hydrogens (tertiary/aromatic N) is 1. The first-order valence-electron chi connectivity index (χ1n) is 5.84. The Hall–Kier alpha value is -0.840. The lowest BCUT2D eigenvalue weighted by Gasteiger charge is -2.22. The fourth-order valence-electron chi connectivity index (χ4n) is 1.96. The van der Waals surface area contributed by atoms with E-state index < -0.39 is 0 Å². The summed E-state index contributed by atoms with van der Waals surface area (Å²) in [5.41, 5.74) is 9.49. The Labute approximate surface area is 121 Å². The fourth-order valence-corrected chi connectivity index (χ4v) is 3.46. The van der Waals surface area contributed by atoms with Crippen molar-refractivity contribution in [2.75, 3.05) is 11.9 Å². The number of benzene rings is 1. The predicted molar refractivity (Wildman–Crippen MR) is 83.2 cm³/mol. The maximum Gasteiger partial charge on any atom is 0.0520 e. The second-order valence-electron chi connectivity index (χ2n) is 4.42. The van der Waals surface area contributed by atoms with Gasteiger partial charge in [-0.1, -0.05) is 12.1 Å². The van der Waals surface area contributed by atoms with E-state index in [-0.39, 0.29) is 0 Å². The van der Waals surface area contributed by atoms with Gasteiger partial charge in [0, 0.05) is 34.0 Å². The molecule has 0 radical (unpaired) electrons. The minimum atomic E-state index is 0.577. The lowest BCUT2D eigenvalue weighted by atomic mass is 10.1. The molecule has 0 aliphatic carbocycles. The van der Waals surface area contributed by atoms with E-state index in [1.165, 1.54) is 21.7 Å². The normalized spacial score (nSPS) is 10.7. The van der Waals surface area contributed by atoms with E-state index in [0.717, 1.165) is 11.0 Å². The topological polar surface area (TPSA) is 29.3 Å². The van der Waals surface area contributed by atoms with Gasteiger partial charge in [0.05, 0.1) is 6.54 Å². The van der Waals surface area contributed by atoms with Gasteiger partial charge in [-0.25, -0.2) is 0 Å². The number of hydrogen-bond acceptors (Lipinski definition) is 3. The largest absolute Gasteiger partial charge is 0.369 e. The van der Waals surface area contributed by atoms with Crippen LogP contribution in [0.1, 0.15) is 16.0 Å². The van der Waals surface area contributed by atoms with E-state index in [9.17, 15) is 0 Å². The van der Waals surface area contributed by atoms with Crippen LogP contribution in [-0.4, -0.2) is 7.05 Å². The molecule has 0 saturated carbocycles. The van der Waals surface area contributed by atoms with Crippen LogP contribution in [0.15, 0.2) is 34.1 Å². The monoisotopic (exact) mass is 324 g/mol. The summed E-state index contributed by atoms with van der Waals surface area (Å²) in [5.74, 6) is 0. The van der Waals surface area contributed by atoms with Gasteiger partial charge in [-0.15, -0.1) is 11.3 Å². The zero-order chi connectivity index (χ0) is 13.1. The van der Waals surface area contributed by atoms with Gasteiger partial charge in [-0.2, -0.15) is 0 Å². The van der Waals surface area contributed by atoms with E-state index in [1.807, 2.05) is 0 Å². The van der Waals surface area contributed by atoms with Crippen LogP contribution in [0.5, 0.6) is 0 Å². The standard InChI is InChI=1S/C14H17BrN2S/c1-10-3-4-11(7-16)14(5-10)17(2)8-13-6-12(15)9-18-13/h3-6,9H,7-8,16H2,1-2H3. The summed E-state index contributed by atoms with van der Waals surface area (Å²) >= 11 is 5.26. The highest BCUT2D eigenvalue weighted by Crippen LogP contribution is 2.26. The van der Waals surface area contributed by atoms with Gasteiger partial charge in [0.1, 0.15) is 0 Å². The van der Waals surface area contributed by atoms with Crippen molar-refractivity contribution < 1.29 is 0 Å². The van der Waals surface area contributed by atoms with Crippen LogP contribution in [0, 0.1) is 6.92 Å². The summed E-state index contributed by atoms with van der Waals surface area (Å²) in [5, 5.41) is 2.11. The third-order valence-electron chi connectivity index (χ3n) is 2.89. The van der Waals surface area contributed by atoms with E-state index >= 15 is 0 Å². The zero-order valence-corrected chi connectivity index (χ0v) is 13.0. The molecule has 0 spiro atoms. The van der Waals surface area contributed by atoms with Gasteiger partial charge < -0.3 is 10.6 Å². The Morgan fingerprint density at radius 2 is 2.11 bits per heavy atom. The number of anilines is 1. The minimum Gasteiger partial charge on any atom is -0.369 e. The predicted octanol–water partition coefficient (Wildman–Crippen LogP) is 3.91. The molecule has 0 aliphatic rings. The SMILES string of the molecule is Cc1ccc(CN)c(N(C)Cc2cc(Br)cs2)c1. The van der Waals surface area contributed by atoms with Crippen LogP contribution in [0.3, 0.4) is 0 Å². The smallest absolute Gasteiger partial charge is 0.0520 e. The third-order valence-corrected chi connectivity index (χ3v) is 4.57. The van der Waals surface area contributed by atoms with Crippen LogP contribution in [0.4, 0.5) is 5.69 Å². The molecule has 0 aliphatic heterocycles. The Balaban J connectivity index is 2.22. The first-order valence-corrected chi connectivity index (χ1v) is 7.51. The zero-order valence-electron chi connectivity index (χ0n) is 10.6. The summed E-state index contributed by atoms with van der Waals surface area (Å²) < 4.78 is 1.15. The summed E-state index contributed by atoms with van der Waals surface area (Å²) in [4.78, 5) is 3.60. The van der Waals surface area contributed by atoms with Crippen molar-refractivity contribution in [1.82, 2.24) is 0 Å². The van der Waals surface area contributed by atoms with Crippen molar-refractivity contribution in [3.63, 3.8) is 0 Å².